The van der Waals surface area contributed by atoms with Crippen LogP contribution in [0.5, 0.6) is 0 Å². The highest BCUT2D eigenvalue weighted by Gasteiger charge is 2.38. The van der Waals surface area contributed by atoms with Gasteiger partial charge in [-0.15, -0.1) is 0 Å². The molecule has 4 atom stereocenters. The van der Waals surface area contributed by atoms with Crippen LogP contribution >= 0.6 is 0 Å². The summed E-state index contributed by atoms with van der Waals surface area (Å²) in [5, 5.41) is 11.9. The molecule has 0 bridgehead atoms. The number of carbonyl (C=O) groups is 3. The van der Waals surface area contributed by atoms with Crippen molar-refractivity contribution in [2.75, 3.05) is 13.1 Å². The maximum atomic E-state index is 12.6. The number of nitrogens with one attached hydrogen (secondary N) is 1. The van der Waals surface area contributed by atoms with Gasteiger partial charge in [-0.3, -0.25) is 14.6 Å². The smallest absolute Gasteiger partial charge is 0.326 e. The molecule has 154 valence electrons. The molecule has 8 N–H and O–H groups in total. The highest BCUT2D eigenvalue weighted by molar-refractivity contribution is 5.92. The van der Waals surface area contributed by atoms with Gasteiger partial charge in [0.2, 0.25) is 11.8 Å². The van der Waals surface area contributed by atoms with Crippen molar-refractivity contribution in [1.29, 1.82) is 0 Å². The molecule has 0 aliphatic carbocycles. The predicted molar refractivity (Wildman–Crippen MR) is 102 cm³/mol. The second kappa shape index (κ2) is 10.7. The molecule has 1 aliphatic rings. The molecule has 27 heavy (non-hydrogen) atoms. The lowest BCUT2D eigenvalue weighted by Gasteiger charge is -2.28. The van der Waals surface area contributed by atoms with Crippen LogP contribution in [0.3, 0.4) is 0 Å². The second-order valence-electron chi connectivity index (χ2n) is 6.95. The summed E-state index contributed by atoms with van der Waals surface area (Å²) in [5.41, 5.74) is 16.5. The third-order valence-corrected chi connectivity index (χ3v) is 4.90. The number of rotatable bonds is 10. The average Bonchev–Trinajstić information content (AvgIpc) is 3.10. The monoisotopic (exact) mass is 384 g/mol. The fourth-order valence-corrected chi connectivity index (χ4v) is 3.09. The van der Waals surface area contributed by atoms with E-state index in [9.17, 15) is 19.5 Å². The van der Waals surface area contributed by atoms with Gasteiger partial charge in [0.05, 0.1) is 6.04 Å². The Labute approximate surface area is 159 Å². The van der Waals surface area contributed by atoms with E-state index in [1.165, 1.54) is 4.90 Å². The van der Waals surface area contributed by atoms with Gasteiger partial charge in [-0.05, 0) is 31.6 Å². The van der Waals surface area contributed by atoms with Crippen LogP contribution in [0, 0.1) is 5.92 Å². The van der Waals surface area contributed by atoms with Gasteiger partial charge in [0, 0.05) is 13.1 Å². The van der Waals surface area contributed by atoms with E-state index in [0.717, 1.165) is 0 Å². The Bertz CT molecular complexity index is 564. The largest absolute Gasteiger partial charge is 0.480 e. The molecule has 0 saturated carbocycles. The number of aliphatic imine (C=N–C) groups is 1. The van der Waals surface area contributed by atoms with Gasteiger partial charge in [-0.1, -0.05) is 20.3 Å². The molecule has 1 aliphatic heterocycles. The number of likely N-dealkylation sites (tertiary alicyclic amines) is 1. The summed E-state index contributed by atoms with van der Waals surface area (Å²) in [6.07, 6.45) is 2.72. The van der Waals surface area contributed by atoms with Gasteiger partial charge in [0.1, 0.15) is 12.1 Å². The fraction of sp³-hybridized carbons (Fsp3) is 0.765. The highest BCUT2D eigenvalue weighted by Crippen LogP contribution is 2.20. The van der Waals surface area contributed by atoms with Gasteiger partial charge in [-0.2, -0.15) is 0 Å². The fourth-order valence-electron chi connectivity index (χ4n) is 3.09. The van der Waals surface area contributed by atoms with E-state index in [0.29, 0.717) is 45.2 Å². The van der Waals surface area contributed by atoms with Gasteiger partial charge in [0.15, 0.2) is 5.96 Å². The summed E-state index contributed by atoms with van der Waals surface area (Å²) in [5.74, 6) is -2.06. The van der Waals surface area contributed by atoms with Crippen LogP contribution in [0.1, 0.15) is 46.0 Å². The number of nitrogens with two attached hydrogens (primary N) is 3. The first-order valence-electron chi connectivity index (χ1n) is 9.33. The normalized spacial score (nSPS) is 19.8. The Morgan fingerprint density at radius 2 is 2.00 bits per heavy atom. The van der Waals surface area contributed by atoms with Crippen LogP contribution in [0.25, 0.3) is 0 Å². The summed E-state index contributed by atoms with van der Waals surface area (Å²) in [4.78, 5) is 41.9. The molecule has 0 unspecified atom stereocenters. The Morgan fingerprint density at radius 1 is 1.33 bits per heavy atom. The maximum Gasteiger partial charge on any atom is 0.326 e. The Balaban J connectivity index is 2.67. The zero-order valence-electron chi connectivity index (χ0n) is 16.1. The molecule has 0 spiro atoms. The minimum absolute atomic E-state index is 0.0135. The lowest BCUT2D eigenvalue weighted by Crippen LogP contribution is -2.55. The summed E-state index contributed by atoms with van der Waals surface area (Å²) < 4.78 is 0. The van der Waals surface area contributed by atoms with E-state index in [1.54, 1.807) is 6.92 Å². The van der Waals surface area contributed by atoms with E-state index in [-0.39, 0.29) is 17.8 Å². The summed E-state index contributed by atoms with van der Waals surface area (Å²) in [6, 6.07) is -2.42. The number of carbonyl (C=O) groups excluding carboxylic acids is 2. The Kier molecular flexibility index (Phi) is 8.99. The molecule has 0 aromatic rings. The number of hydrogen-bond acceptors (Lipinski definition) is 5. The molecule has 1 rings (SSSR count). The molecule has 0 aromatic heterocycles. The minimum Gasteiger partial charge on any atom is -0.480 e. The predicted octanol–water partition coefficient (Wildman–Crippen LogP) is -1.03. The van der Waals surface area contributed by atoms with Crippen LogP contribution in [0.15, 0.2) is 4.99 Å². The molecule has 0 aromatic carbocycles. The molecule has 2 amide bonds. The lowest BCUT2D eigenvalue weighted by molar-refractivity contribution is -0.145. The molecule has 0 radical (unpaired) electrons. The number of amides is 2. The van der Waals surface area contributed by atoms with Crippen LogP contribution in [-0.4, -0.2) is 65.0 Å². The van der Waals surface area contributed by atoms with E-state index >= 15 is 0 Å². The number of nitrogens with zero attached hydrogens (tertiary/aromatic N) is 2. The number of guanidine groups is 1. The molecule has 1 heterocycles. The molecule has 10 heteroatoms. The molecule has 1 saturated heterocycles. The van der Waals surface area contributed by atoms with Gasteiger partial charge >= 0.3 is 5.97 Å². The second-order valence-corrected chi connectivity index (χ2v) is 6.95. The highest BCUT2D eigenvalue weighted by atomic mass is 16.4. The summed E-state index contributed by atoms with van der Waals surface area (Å²) >= 11 is 0. The average molecular weight is 384 g/mol. The van der Waals surface area contributed by atoms with E-state index in [2.05, 4.69) is 10.3 Å². The van der Waals surface area contributed by atoms with Crippen molar-refractivity contribution in [3.05, 3.63) is 0 Å². The van der Waals surface area contributed by atoms with Crippen LogP contribution < -0.4 is 22.5 Å². The first kappa shape index (κ1) is 22.7. The van der Waals surface area contributed by atoms with Gasteiger partial charge in [-0.25, -0.2) is 4.79 Å². The first-order valence-corrected chi connectivity index (χ1v) is 9.33. The van der Waals surface area contributed by atoms with Crippen molar-refractivity contribution in [3.8, 4) is 0 Å². The first-order chi connectivity index (χ1) is 12.7. The minimum atomic E-state index is -1.08. The number of carboxylic acid groups (broad SMARTS) is 1. The third kappa shape index (κ3) is 6.70. The van der Waals surface area contributed by atoms with E-state index in [1.807, 2.05) is 6.92 Å². The molecule has 10 nitrogen and oxygen atoms in total. The maximum absolute atomic E-state index is 12.6. The van der Waals surface area contributed by atoms with E-state index in [4.69, 9.17) is 17.2 Å². The van der Waals surface area contributed by atoms with Crippen molar-refractivity contribution in [3.63, 3.8) is 0 Å². The zero-order chi connectivity index (χ0) is 20.6. The Morgan fingerprint density at radius 3 is 2.56 bits per heavy atom. The quantitative estimate of drug-likeness (QED) is 0.182. The van der Waals surface area contributed by atoms with Crippen molar-refractivity contribution in [1.82, 2.24) is 10.2 Å². The van der Waals surface area contributed by atoms with Gasteiger partial charge in [0.25, 0.3) is 0 Å². The number of hydrogen-bond donors (Lipinski definition) is 5. The van der Waals surface area contributed by atoms with E-state index < -0.39 is 30.0 Å². The van der Waals surface area contributed by atoms with Crippen LogP contribution in [-0.2, 0) is 14.4 Å². The van der Waals surface area contributed by atoms with Crippen molar-refractivity contribution >= 4 is 23.7 Å². The summed E-state index contributed by atoms with van der Waals surface area (Å²) in [6.45, 7) is 4.44. The number of carboxylic acids is 1. The molecule has 1 fully saturated rings. The van der Waals surface area contributed by atoms with Crippen molar-refractivity contribution < 1.29 is 19.5 Å². The van der Waals surface area contributed by atoms with Crippen molar-refractivity contribution in [2.24, 2.45) is 28.1 Å². The Hall–Kier alpha value is -2.36. The standard InChI is InChI=1S/C17H32N6O4/c1-3-10(2)13(16(26)27)22-14(24)12-7-5-9-23(12)15(25)11(18)6-4-8-21-17(19)20/h10-13H,3-9,18H2,1-2H3,(H,22,24)(H,26,27)(H4,19,20,21)/t10-,11-,12-,13-/m0/s1. The SMILES string of the molecule is CC[C@H](C)[C@H](NC(=O)[C@@H]1CCCN1C(=O)[C@@H](N)CCCN=C(N)N)C(=O)O. The van der Waals surface area contributed by atoms with Crippen LogP contribution in [0.4, 0.5) is 0 Å². The number of aliphatic carboxylic acids is 1. The summed E-state index contributed by atoms with van der Waals surface area (Å²) in [7, 11) is 0. The zero-order valence-corrected chi connectivity index (χ0v) is 16.1. The van der Waals surface area contributed by atoms with Crippen LogP contribution in [0.2, 0.25) is 0 Å². The van der Waals surface area contributed by atoms with Gasteiger partial charge < -0.3 is 32.5 Å². The molecular weight excluding hydrogens is 352 g/mol. The third-order valence-electron chi connectivity index (χ3n) is 4.90. The topological polar surface area (TPSA) is 177 Å². The lowest BCUT2D eigenvalue weighted by atomic mass is 9.98. The van der Waals surface area contributed by atoms with Crippen molar-refractivity contribution in [2.45, 2.75) is 64.1 Å². The molecular formula is C17H32N6O4.